The number of nitrogens with zero attached hydrogens (tertiary/aromatic N) is 1. The number of nitrogens with one attached hydrogen (secondary N) is 1. The molecule has 1 aromatic carbocycles. The molecule has 0 spiro atoms. The van der Waals surface area contributed by atoms with Gasteiger partial charge in [-0.05, 0) is 26.0 Å². The summed E-state index contributed by atoms with van der Waals surface area (Å²) in [6.07, 6.45) is 0. The van der Waals surface area contributed by atoms with Crippen molar-refractivity contribution < 1.29 is 27.3 Å². The molecule has 0 radical (unpaired) electrons. The normalized spacial score (nSPS) is 11.2. The third kappa shape index (κ3) is 4.74. The molecule has 1 N–H and O–H groups in total. The molecule has 8 nitrogen and oxygen atoms in total. The predicted molar refractivity (Wildman–Crippen MR) is 82.7 cm³/mol. The monoisotopic (exact) mass is 352 g/mol. The van der Waals surface area contributed by atoms with E-state index in [-0.39, 0.29) is 17.3 Å². The summed E-state index contributed by atoms with van der Waals surface area (Å²) >= 11 is 0. The molecule has 24 heavy (non-hydrogen) atoms. The van der Waals surface area contributed by atoms with Crippen LogP contribution in [0.1, 0.15) is 28.7 Å². The first-order valence-corrected chi connectivity index (χ1v) is 8.45. The molecule has 0 atom stereocenters. The van der Waals surface area contributed by atoms with Crippen molar-refractivity contribution in [1.29, 1.82) is 0 Å². The van der Waals surface area contributed by atoms with Crippen LogP contribution in [0.15, 0.2) is 39.8 Å². The molecule has 0 fully saturated rings. The van der Waals surface area contributed by atoms with E-state index in [0.29, 0.717) is 17.0 Å². The van der Waals surface area contributed by atoms with Crippen molar-refractivity contribution in [3.05, 3.63) is 47.3 Å². The van der Waals surface area contributed by atoms with E-state index in [4.69, 9.17) is 9.26 Å². The van der Waals surface area contributed by atoms with Gasteiger partial charge >= 0.3 is 5.97 Å². The van der Waals surface area contributed by atoms with Crippen LogP contribution < -0.4 is 4.72 Å². The molecule has 0 aliphatic rings. The highest BCUT2D eigenvalue weighted by molar-refractivity contribution is 7.89. The number of sulfonamides is 1. The number of carbonyl (C=O) groups is 2. The highest BCUT2D eigenvalue weighted by atomic mass is 32.2. The van der Waals surface area contributed by atoms with Crippen molar-refractivity contribution in [1.82, 2.24) is 9.88 Å². The summed E-state index contributed by atoms with van der Waals surface area (Å²) in [5.41, 5.74) is 0.833. The van der Waals surface area contributed by atoms with Crippen LogP contribution in [0.5, 0.6) is 0 Å². The van der Waals surface area contributed by atoms with Crippen molar-refractivity contribution in [3.63, 3.8) is 0 Å². The molecule has 0 aliphatic carbocycles. The van der Waals surface area contributed by atoms with Gasteiger partial charge in [0.2, 0.25) is 10.0 Å². The van der Waals surface area contributed by atoms with Gasteiger partial charge in [0.15, 0.2) is 5.78 Å². The van der Waals surface area contributed by atoms with Gasteiger partial charge in [-0.25, -0.2) is 8.42 Å². The molecule has 1 heterocycles. The van der Waals surface area contributed by atoms with Crippen LogP contribution in [0.25, 0.3) is 0 Å². The summed E-state index contributed by atoms with van der Waals surface area (Å²) in [6, 6.07) is 7.00. The molecule has 0 saturated carbocycles. The fourth-order valence-corrected chi connectivity index (χ4v) is 2.77. The van der Waals surface area contributed by atoms with Crippen LogP contribution in [-0.4, -0.2) is 31.9 Å². The van der Waals surface area contributed by atoms with Crippen molar-refractivity contribution in [2.45, 2.75) is 25.3 Å². The summed E-state index contributed by atoms with van der Waals surface area (Å²) in [7, 11) is -3.87. The Morgan fingerprint density at radius 1 is 1.25 bits per heavy atom. The van der Waals surface area contributed by atoms with E-state index in [9.17, 15) is 18.0 Å². The van der Waals surface area contributed by atoms with Crippen molar-refractivity contribution in [2.24, 2.45) is 0 Å². The average molecular weight is 352 g/mol. The van der Waals surface area contributed by atoms with Crippen molar-refractivity contribution in [2.75, 3.05) is 6.54 Å². The van der Waals surface area contributed by atoms with Gasteiger partial charge in [-0.15, -0.1) is 0 Å². The second-order valence-electron chi connectivity index (χ2n) is 4.99. The maximum atomic E-state index is 12.1. The Morgan fingerprint density at radius 2 is 1.92 bits per heavy atom. The highest BCUT2D eigenvalue weighted by Gasteiger charge is 2.16. The van der Waals surface area contributed by atoms with Gasteiger partial charge in [0.1, 0.15) is 24.6 Å². The fraction of sp³-hybridized carbons (Fsp3) is 0.267. The lowest BCUT2D eigenvalue weighted by molar-refractivity contribution is -0.143. The van der Waals surface area contributed by atoms with Crippen LogP contribution in [0.3, 0.4) is 0 Å². The number of Topliss-reactive ketones (excluding diaryl/α,β-unsaturated/α-hetero) is 1. The Kier molecular flexibility index (Phi) is 5.47. The molecule has 2 rings (SSSR count). The minimum absolute atomic E-state index is 0.0487. The Hall–Kier alpha value is -2.52. The number of ketones is 1. The molecule has 0 bridgehead atoms. The van der Waals surface area contributed by atoms with Crippen LogP contribution >= 0.6 is 0 Å². The summed E-state index contributed by atoms with van der Waals surface area (Å²) in [5.74, 6) is -0.339. The number of esters is 1. The standard InChI is InChI=1S/C15H16N2O6S/c1-10-7-13(17-23-10)9-22-15(19)8-16-24(20,21)14-5-3-12(4-6-14)11(2)18/h3-7,16H,8-9H2,1-2H3. The number of benzene rings is 1. The molecule has 0 amide bonds. The first-order valence-electron chi connectivity index (χ1n) is 6.96. The lowest BCUT2D eigenvalue weighted by atomic mass is 10.2. The highest BCUT2D eigenvalue weighted by Crippen LogP contribution is 2.11. The van der Waals surface area contributed by atoms with Crippen molar-refractivity contribution in [3.8, 4) is 0 Å². The van der Waals surface area contributed by atoms with E-state index < -0.39 is 22.5 Å². The third-order valence-electron chi connectivity index (χ3n) is 3.04. The molecule has 0 aliphatic heterocycles. The first-order chi connectivity index (χ1) is 11.3. The molecule has 2 aromatic rings. The number of hydrogen-bond acceptors (Lipinski definition) is 7. The first kappa shape index (κ1) is 17.8. The van der Waals surface area contributed by atoms with E-state index in [1.54, 1.807) is 13.0 Å². The van der Waals surface area contributed by atoms with Crippen LogP contribution in [0.4, 0.5) is 0 Å². The predicted octanol–water partition coefficient (Wildman–Crippen LogP) is 1.21. The molecule has 0 unspecified atom stereocenters. The van der Waals surface area contributed by atoms with Gasteiger partial charge in [-0.2, -0.15) is 4.72 Å². The van der Waals surface area contributed by atoms with E-state index >= 15 is 0 Å². The Bertz CT molecular complexity index is 839. The zero-order chi connectivity index (χ0) is 17.7. The Labute approximate surface area is 138 Å². The summed E-state index contributed by atoms with van der Waals surface area (Å²) < 4.78 is 36.0. The molecular formula is C15H16N2O6S. The van der Waals surface area contributed by atoms with E-state index in [2.05, 4.69) is 9.88 Å². The average Bonchev–Trinajstić information content (AvgIpc) is 2.96. The van der Waals surface area contributed by atoms with Gasteiger partial charge in [0, 0.05) is 11.6 Å². The minimum atomic E-state index is -3.87. The van der Waals surface area contributed by atoms with Gasteiger partial charge < -0.3 is 9.26 Å². The number of carbonyl (C=O) groups excluding carboxylic acids is 2. The van der Waals surface area contributed by atoms with E-state index in [1.165, 1.54) is 31.2 Å². The van der Waals surface area contributed by atoms with Crippen molar-refractivity contribution >= 4 is 21.8 Å². The number of aryl methyl sites for hydroxylation is 1. The van der Waals surface area contributed by atoms with Crippen LogP contribution in [0, 0.1) is 6.92 Å². The molecule has 0 saturated heterocycles. The Morgan fingerprint density at radius 3 is 2.46 bits per heavy atom. The fourth-order valence-electron chi connectivity index (χ4n) is 1.80. The zero-order valence-corrected chi connectivity index (χ0v) is 13.9. The molecular weight excluding hydrogens is 336 g/mol. The maximum absolute atomic E-state index is 12.1. The van der Waals surface area contributed by atoms with Gasteiger partial charge in [-0.3, -0.25) is 9.59 Å². The van der Waals surface area contributed by atoms with E-state index in [1.807, 2.05) is 0 Å². The summed E-state index contributed by atoms with van der Waals surface area (Å²) in [4.78, 5) is 22.7. The lowest BCUT2D eigenvalue weighted by Crippen LogP contribution is -2.30. The Balaban J connectivity index is 1.89. The molecule has 9 heteroatoms. The topological polar surface area (TPSA) is 116 Å². The summed E-state index contributed by atoms with van der Waals surface area (Å²) in [6.45, 7) is 2.46. The number of hydrogen-bond donors (Lipinski definition) is 1. The minimum Gasteiger partial charge on any atom is -0.458 e. The van der Waals surface area contributed by atoms with Gasteiger partial charge in [0.05, 0.1) is 4.90 Å². The number of aromatic nitrogens is 1. The second-order valence-corrected chi connectivity index (χ2v) is 6.76. The largest absolute Gasteiger partial charge is 0.458 e. The number of rotatable bonds is 7. The van der Waals surface area contributed by atoms with Gasteiger partial charge in [0.25, 0.3) is 0 Å². The smallest absolute Gasteiger partial charge is 0.321 e. The molecule has 1 aromatic heterocycles. The quantitative estimate of drug-likeness (QED) is 0.588. The summed E-state index contributed by atoms with van der Waals surface area (Å²) in [5, 5.41) is 3.65. The van der Waals surface area contributed by atoms with E-state index in [0.717, 1.165) is 0 Å². The maximum Gasteiger partial charge on any atom is 0.321 e. The van der Waals surface area contributed by atoms with Gasteiger partial charge in [-0.1, -0.05) is 17.3 Å². The zero-order valence-electron chi connectivity index (χ0n) is 13.1. The SMILES string of the molecule is CC(=O)c1ccc(S(=O)(=O)NCC(=O)OCc2cc(C)on2)cc1. The van der Waals surface area contributed by atoms with Crippen LogP contribution in [0.2, 0.25) is 0 Å². The third-order valence-corrected chi connectivity index (χ3v) is 4.45. The second kappa shape index (κ2) is 7.37. The molecule has 128 valence electrons. The lowest BCUT2D eigenvalue weighted by Gasteiger charge is -2.07. The number of ether oxygens (including phenoxy) is 1. The van der Waals surface area contributed by atoms with Crippen LogP contribution in [-0.2, 0) is 26.2 Å².